The molecule has 1 aromatic heterocycles. The highest BCUT2D eigenvalue weighted by atomic mass is 16.5. The molecule has 0 atom stereocenters. The maximum Gasteiger partial charge on any atom is 0.249 e. The van der Waals surface area contributed by atoms with Crippen molar-refractivity contribution in [1.29, 1.82) is 0 Å². The Morgan fingerprint density at radius 3 is 2.81 bits per heavy atom. The van der Waals surface area contributed by atoms with E-state index in [1.54, 1.807) is 6.20 Å². The van der Waals surface area contributed by atoms with E-state index < -0.39 is 0 Å². The summed E-state index contributed by atoms with van der Waals surface area (Å²) in [7, 11) is 1.96. The fourth-order valence-corrected chi connectivity index (χ4v) is 2.74. The van der Waals surface area contributed by atoms with Gasteiger partial charge in [-0.3, -0.25) is 4.79 Å². The van der Waals surface area contributed by atoms with E-state index in [1.165, 1.54) is 0 Å². The Morgan fingerprint density at radius 1 is 1.43 bits per heavy atom. The van der Waals surface area contributed by atoms with Gasteiger partial charge in [0.1, 0.15) is 12.4 Å². The number of rotatable bonds is 6. The van der Waals surface area contributed by atoms with E-state index in [4.69, 9.17) is 4.74 Å². The molecule has 6 nitrogen and oxygen atoms in total. The largest absolute Gasteiger partial charge is 0.368 e. The number of hydrogen-bond acceptors (Lipinski definition) is 4. The van der Waals surface area contributed by atoms with Crippen LogP contribution >= 0.6 is 0 Å². The average Bonchev–Trinajstić information content (AvgIpc) is 3.27. The standard InChI is InChI=1S/C15H24N4O2/c1-18-9-8-17-14(18)10-19(12-2-3-12)15(20)11-21-13-4-6-16-7-5-13/h8-9,12-13,16H,2-7,10-11H2,1H3. The highest BCUT2D eigenvalue weighted by molar-refractivity contribution is 5.78. The lowest BCUT2D eigenvalue weighted by atomic mass is 10.1. The third kappa shape index (κ3) is 3.83. The number of amides is 1. The molecule has 1 aromatic rings. The molecule has 1 saturated heterocycles. The first-order valence-electron chi connectivity index (χ1n) is 7.82. The van der Waals surface area contributed by atoms with Crippen LogP contribution in [-0.4, -0.2) is 52.2 Å². The van der Waals surface area contributed by atoms with Crippen molar-refractivity contribution in [3.05, 3.63) is 18.2 Å². The minimum atomic E-state index is 0.0963. The molecule has 1 saturated carbocycles. The highest BCUT2D eigenvalue weighted by Crippen LogP contribution is 2.28. The van der Waals surface area contributed by atoms with Crippen molar-refractivity contribution in [3.63, 3.8) is 0 Å². The topological polar surface area (TPSA) is 59.4 Å². The Hall–Kier alpha value is -1.40. The first-order valence-corrected chi connectivity index (χ1v) is 7.82. The Bertz CT molecular complexity index is 478. The zero-order valence-electron chi connectivity index (χ0n) is 12.6. The van der Waals surface area contributed by atoms with Gasteiger partial charge >= 0.3 is 0 Å². The number of nitrogens with zero attached hydrogens (tertiary/aromatic N) is 3. The number of hydrogen-bond donors (Lipinski definition) is 1. The Kier molecular flexibility index (Phi) is 4.55. The number of nitrogens with one attached hydrogen (secondary N) is 1. The van der Waals surface area contributed by atoms with Crippen molar-refractivity contribution in [3.8, 4) is 0 Å². The molecule has 1 amide bonds. The summed E-state index contributed by atoms with van der Waals surface area (Å²) in [6, 6.07) is 0.380. The quantitative estimate of drug-likeness (QED) is 0.837. The van der Waals surface area contributed by atoms with E-state index in [-0.39, 0.29) is 18.6 Å². The van der Waals surface area contributed by atoms with Crippen molar-refractivity contribution < 1.29 is 9.53 Å². The summed E-state index contributed by atoms with van der Waals surface area (Å²) < 4.78 is 7.76. The molecule has 1 aliphatic carbocycles. The zero-order chi connectivity index (χ0) is 14.7. The molecule has 6 heteroatoms. The number of aryl methyl sites for hydroxylation is 1. The van der Waals surface area contributed by atoms with Crippen molar-refractivity contribution in [1.82, 2.24) is 19.8 Å². The minimum absolute atomic E-state index is 0.0963. The SMILES string of the molecule is Cn1ccnc1CN(C(=O)COC1CCNCC1)C1CC1. The summed E-state index contributed by atoms with van der Waals surface area (Å²) in [6.07, 6.45) is 8.11. The molecular formula is C15H24N4O2. The molecule has 0 spiro atoms. The molecule has 21 heavy (non-hydrogen) atoms. The molecule has 116 valence electrons. The molecule has 2 aliphatic rings. The first kappa shape index (κ1) is 14.5. The average molecular weight is 292 g/mol. The third-order valence-electron chi connectivity index (χ3n) is 4.27. The van der Waals surface area contributed by atoms with Gasteiger partial charge in [0.05, 0.1) is 12.6 Å². The molecular weight excluding hydrogens is 268 g/mol. The maximum atomic E-state index is 12.5. The fraction of sp³-hybridized carbons (Fsp3) is 0.733. The Morgan fingerprint density at radius 2 is 2.19 bits per heavy atom. The zero-order valence-corrected chi connectivity index (χ0v) is 12.6. The molecule has 1 aliphatic heterocycles. The van der Waals surface area contributed by atoms with Gasteiger partial charge < -0.3 is 19.5 Å². The molecule has 0 radical (unpaired) electrons. The van der Waals surface area contributed by atoms with Gasteiger partial charge in [0, 0.05) is 25.5 Å². The molecule has 0 bridgehead atoms. The van der Waals surface area contributed by atoms with Crippen molar-refractivity contribution in [2.45, 2.75) is 44.4 Å². The van der Waals surface area contributed by atoms with Crippen LogP contribution in [0.15, 0.2) is 12.4 Å². The second-order valence-corrected chi connectivity index (χ2v) is 5.97. The van der Waals surface area contributed by atoms with E-state index >= 15 is 0 Å². The van der Waals surface area contributed by atoms with Crippen molar-refractivity contribution in [2.75, 3.05) is 19.7 Å². The monoisotopic (exact) mass is 292 g/mol. The van der Waals surface area contributed by atoms with Crippen molar-refractivity contribution in [2.24, 2.45) is 7.05 Å². The third-order valence-corrected chi connectivity index (χ3v) is 4.27. The van der Waals surface area contributed by atoms with E-state index in [1.807, 2.05) is 22.7 Å². The number of carbonyl (C=O) groups is 1. The Labute approximate surface area is 125 Å². The van der Waals surface area contributed by atoms with Gasteiger partial charge in [-0.25, -0.2) is 4.98 Å². The van der Waals surface area contributed by atoms with E-state index in [0.717, 1.165) is 44.6 Å². The van der Waals surface area contributed by atoms with Gasteiger partial charge in [-0.1, -0.05) is 0 Å². The number of carbonyl (C=O) groups excluding carboxylic acids is 1. The van der Waals surface area contributed by atoms with Gasteiger partial charge in [0.25, 0.3) is 0 Å². The van der Waals surface area contributed by atoms with Gasteiger partial charge in [0.15, 0.2) is 0 Å². The fourth-order valence-electron chi connectivity index (χ4n) is 2.74. The maximum absolute atomic E-state index is 12.5. The van der Waals surface area contributed by atoms with Crippen molar-refractivity contribution >= 4 is 5.91 Å². The summed E-state index contributed by atoms with van der Waals surface area (Å²) in [6.45, 7) is 2.76. The van der Waals surface area contributed by atoms with Gasteiger partial charge in [0.2, 0.25) is 5.91 Å². The predicted octanol–water partition coefficient (Wildman–Crippen LogP) is 0.680. The van der Waals surface area contributed by atoms with E-state index in [2.05, 4.69) is 10.3 Å². The normalized spacial score (nSPS) is 19.7. The molecule has 1 N–H and O–H groups in total. The second-order valence-electron chi connectivity index (χ2n) is 5.97. The van der Waals surface area contributed by atoms with Crippen LogP contribution < -0.4 is 5.32 Å². The van der Waals surface area contributed by atoms with Crippen LogP contribution in [0.25, 0.3) is 0 Å². The summed E-state index contributed by atoms with van der Waals surface area (Å²) in [5.41, 5.74) is 0. The number of piperidine rings is 1. The smallest absolute Gasteiger partial charge is 0.249 e. The molecule has 2 heterocycles. The van der Waals surface area contributed by atoms with Gasteiger partial charge in [-0.15, -0.1) is 0 Å². The summed E-state index contributed by atoms with van der Waals surface area (Å²) in [5, 5.41) is 3.30. The molecule has 0 aromatic carbocycles. The van der Waals surface area contributed by atoms with E-state index in [9.17, 15) is 4.79 Å². The lowest BCUT2D eigenvalue weighted by molar-refractivity contribution is -0.140. The van der Waals surface area contributed by atoms with E-state index in [0.29, 0.717) is 12.6 Å². The number of ether oxygens (including phenoxy) is 1. The summed E-state index contributed by atoms with van der Waals surface area (Å²) >= 11 is 0. The van der Waals surface area contributed by atoms with Crippen LogP contribution in [0, 0.1) is 0 Å². The van der Waals surface area contributed by atoms with Crippen LogP contribution in [0.2, 0.25) is 0 Å². The Balaban J connectivity index is 1.53. The van der Waals surface area contributed by atoms with Crippen LogP contribution in [0.3, 0.4) is 0 Å². The van der Waals surface area contributed by atoms with Gasteiger partial charge in [-0.05, 0) is 38.8 Å². The first-order chi connectivity index (χ1) is 10.2. The lowest BCUT2D eigenvalue weighted by Gasteiger charge is -2.26. The molecule has 2 fully saturated rings. The van der Waals surface area contributed by atoms with Crippen LogP contribution in [0.4, 0.5) is 0 Å². The predicted molar refractivity (Wildman–Crippen MR) is 78.6 cm³/mol. The van der Waals surface area contributed by atoms with Gasteiger partial charge in [-0.2, -0.15) is 0 Å². The second kappa shape index (κ2) is 6.58. The molecule has 0 unspecified atom stereocenters. The lowest BCUT2D eigenvalue weighted by Crippen LogP contribution is -2.39. The summed E-state index contributed by atoms with van der Waals surface area (Å²) in [5.74, 6) is 1.02. The minimum Gasteiger partial charge on any atom is -0.368 e. The highest BCUT2D eigenvalue weighted by Gasteiger charge is 2.33. The van der Waals surface area contributed by atoms with Crippen LogP contribution in [0.5, 0.6) is 0 Å². The molecule has 3 rings (SSSR count). The summed E-state index contributed by atoms with van der Waals surface area (Å²) in [4.78, 5) is 18.7. The van der Waals surface area contributed by atoms with Crippen LogP contribution in [-0.2, 0) is 23.1 Å². The number of aromatic nitrogens is 2. The van der Waals surface area contributed by atoms with Crippen LogP contribution in [0.1, 0.15) is 31.5 Å². The number of imidazole rings is 1.